The van der Waals surface area contributed by atoms with Crippen LogP contribution in [0.5, 0.6) is 0 Å². The Morgan fingerprint density at radius 2 is 1.97 bits per heavy atom. The Bertz CT molecular complexity index is 1260. The second-order valence-electron chi connectivity index (χ2n) is 8.37. The summed E-state index contributed by atoms with van der Waals surface area (Å²) in [7, 11) is 0. The van der Waals surface area contributed by atoms with Gasteiger partial charge < -0.3 is 9.64 Å². The molecule has 0 amide bonds. The van der Waals surface area contributed by atoms with Crippen LogP contribution in [0.1, 0.15) is 36.4 Å². The Kier molecular flexibility index (Phi) is 6.28. The number of aromatic nitrogens is 5. The van der Waals surface area contributed by atoms with Gasteiger partial charge in [-0.2, -0.15) is 18.3 Å². The van der Waals surface area contributed by atoms with Gasteiger partial charge in [0.1, 0.15) is 5.82 Å². The molecule has 0 aliphatic carbocycles. The molecular formula is C22H26F4N6O2. The lowest BCUT2D eigenvalue weighted by molar-refractivity contribution is -0.140. The molecule has 34 heavy (non-hydrogen) atoms. The molecule has 0 bridgehead atoms. The van der Waals surface area contributed by atoms with E-state index in [-0.39, 0.29) is 18.5 Å². The van der Waals surface area contributed by atoms with E-state index in [1.807, 2.05) is 6.92 Å². The van der Waals surface area contributed by atoms with Crippen molar-refractivity contribution in [2.45, 2.75) is 53.1 Å². The maximum Gasteiger partial charge on any atom is 0.419 e. The molecule has 1 atom stereocenters. The molecule has 8 nitrogen and oxygen atoms in total. The maximum atomic E-state index is 15.2. The average molecular weight is 482 g/mol. The molecule has 1 aliphatic heterocycles. The van der Waals surface area contributed by atoms with Crippen molar-refractivity contribution in [3.8, 4) is 5.82 Å². The Morgan fingerprint density at radius 3 is 2.59 bits per heavy atom. The van der Waals surface area contributed by atoms with Gasteiger partial charge in [0.2, 0.25) is 0 Å². The lowest BCUT2D eigenvalue weighted by Gasteiger charge is -2.32. The molecule has 0 aromatic carbocycles. The highest BCUT2D eigenvalue weighted by Crippen LogP contribution is 2.36. The molecule has 0 saturated carbocycles. The molecule has 1 aliphatic rings. The van der Waals surface area contributed by atoms with E-state index in [2.05, 4.69) is 10.1 Å². The van der Waals surface area contributed by atoms with Crippen LogP contribution in [0.4, 0.5) is 23.4 Å². The molecule has 4 rings (SSSR count). The normalized spacial score (nSPS) is 16.9. The van der Waals surface area contributed by atoms with Crippen LogP contribution in [-0.4, -0.2) is 49.7 Å². The fraction of sp³-hybridized carbons (Fsp3) is 0.500. The molecule has 1 saturated heterocycles. The number of ether oxygens (including phenoxy) is 1. The summed E-state index contributed by atoms with van der Waals surface area (Å²) in [6, 6.07) is 0.695. The summed E-state index contributed by atoms with van der Waals surface area (Å²) in [5.74, 6) is -2.31. The van der Waals surface area contributed by atoms with Crippen molar-refractivity contribution in [2.75, 3.05) is 24.6 Å². The molecule has 3 aromatic rings. The van der Waals surface area contributed by atoms with Crippen molar-refractivity contribution < 1.29 is 22.3 Å². The van der Waals surface area contributed by atoms with E-state index in [0.717, 1.165) is 10.1 Å². The minimum Gasteiger partial charge on any atom is -0.375 e. The number of hydrogen-bond donors (Lipinski definition) is 0. The summed E-state index contributed by atoms with van der Waals surface area (Å²) in [5.41, 5.74) is -0.599. The van der Waals surface area contributed by atoms with Gasteiger partial charge in [0.15, 0.2) is 11.6 Å². The first-order chi connectivity index (χ1) is 16.0. The molecule has 4 heterocycles. The number of nitrogens with zero attached hydrogens (tertiary/aromatic N) is 6. The number of rotatable bonds is 5. The fourth-order valence-electron chi connectivity index (χ4n) is 4.09. The highest BCUT2D eigenvalue weighted by atomic mass is 19.4. The SMILES string of the molecule is CCn1cc(Cn2c(C)c(C)n(-c3nc(N4CCO[C@H](C)C4)cc(C(F)(F)F)c3F)c2=O)cn1. The third kappa shape index (κ3) is 4.33. The third-order valence-corrected chi connectivity index (χ3v) is 6.05. The summed E-state index contributed by atoms with van der Waals surface area (Å²) in [4.78, 5) is 19.1. The largest absolute Gasteiger partial charge is 0.419 e. The second-order valence-corrected chi connectivity index (χ2v) is 8.37. The third-order valence-electron chi connectivity index (χ3n) is 6.05. The molecule has 184 valence electrons. The van der Waals surface area contributed by atoms with Crippen LogP contribution in [0.25, 0.3) is 5.82 Å². The van der Waals surface area contributed by atoms with Crippen LogP contribution in [-0.2, 0) is 24.0 Å². The summed E-state index contributed by atoms with van der Waals surface area (Å²) in [6.45, 7) is 8.62. The quantitative estimate of drug-likeness (QED) is 0.522. The van der Waals surface area contributed by atoms with Gasteiger partial charge in [-0.05, 0) is 33.8 Å². The van der Waals surface area contributed by atoms with Crippen molar-refractivity contribution in [1.82, 2.24) is 23.9 Å². The average Bonchev–Trinajstić information content (AvgIpc) is 3.32. The Labute approximate surface area is 193 Å². The van der Waals surface area contributed by atoms with Gasteiger partial charge >= 0.3 is 11.9 Å². The monoisotopic (exact) mass is 482 g/mol. The van der Waals surface area contributed by atoms with Gasteiger partial charge in [0.05, 0.1) is 31.0 Å². The first-order valence-electron chi connectivity index (χ1n) is 11.0. The number of halogens is 4. The predicted molar refractivity (Wildman–Crippen MR) is 117 cm³/mol. The van der Waals surface area contributed by atoms with Crippen LogP contribution >= 0.6 is 0 Å². The summed E-state index contributed by atoms with van der Waals surface area (Å²) in [6.07, 6.45) is -1.80. The minimum absolute atomic E-state index is 0.0557. The van der Waals surface area contributed by atoms with E-state index in [4.69, 9.17) is 4.74 Å². The standard InChI is InChI=1S/C22H26F4N6O2/c1-5-30-11-16(9-27-30)12-31-14(3)15(4)32(21(31)33)20-19(23)17(22(24,25)26)8-18(28-20)29-6-7-34-13(2)10-29/h8-9,11,13H,5-7,10,12H2,1-4H3/t13-/m1/s1. The highest BCUT2D eigenvalue weighted by molar-refractivity contribution is 5.49. The molecular weight excluding hydrogens is 456 g/mol. The van der Waals surface area contributed by atoms with Crippen LogP contribution in [0, 0.1) is 19.7 Å². The van der Waals surface area contributed by atoms with E-state index < -0.39 is 29.1 Å². The van der Waals surface area contributed by atoms with E-state index in [1.54, 1.807) is 42.7 Å². The van der Waals surface area contributed by atoms with Crippen molar-refractivity contribution in [3.05, 3.63) is 57.3 Å². The van der Waals surface area contributed by atoms with Crippen LogP contribution in [0.15, 0.2) is 23.3 Å². The van der Waals surface area contributed by atoms with Gasteiger partial charge in [0, 0.05) is 42.8 Å². The lowest BCUT2D eigenvalue weighted by atomic mass is 10.2. The zero-order valence-corrected chi connectivity index (χ0v) is 19.4. The minimum atomic E-state index is -4.96. The van der Waals surface area contributed by atoms with Crippen molar-refractivity contribution in [3.63, 3.8) is 0 Å². The van der Waals surface area contributed by atoms with Crippen LogP contribution < -0.4 is 10.6 Å². The summed E-state index contributed by atoms with van der Waals surface area (Å²) >= 11 is 0. The first-order valence-corrected chi connectivity index (χ1v) is 11.0. The van der Waals surface area contributed by atoms with Gasteiger partial charge in [-0.15, -0.1) is 0 Å². The van der Waals surface area contributed by atoms with Gasteiger partial charge in [-0.25, -0.2) is 18.7 Å². The van der Waals surface area contributed by atoms with Crippen LogP contribution in [0.2, 0.25) is 0 Å². The summed E-state index contributed by atoms with van der Waals surface area (Å²) in [5, 5.41) is 4.18. The zero-order valence-electron chi connectivity index (χ0n) is 19.4. The smallest absolute Gasteiger partial charge is 0.375 e. The lowest BCUT2D eigenvalue weighted by Crippen LogP contribution is -2.42. The van der Waals surface area contributed by atoms with E-state index in [1.165, 1.54) is 4.57 Å². The Hall–Kier alpha value is -3.15. The van der Waals surface area contributed by atoms with Gasteiger partial charge in [-0.1, -0.05) is 0 Å². The number of anilines is 1. The van der Waals surface area contributed by atoms with Crippen molar-refractivity contribution in [1.29, 1.82) is 0 Å². The zero-order chi connectivity index (χ0) is 24.8. The Morgan fingerprint density at radius 1 is 1.24 bits per heavy atom. The van der Waals surface area contributed by atoms with E-state index >= 15 is 4.39 Å². The highest BCUT2D eigenvalue weighted by Gasteiger charge is 2.38. The van der Waals surface area contributed by atoms with Gasteiger partial charge in [-0.3, -0.25) is 9.25 Å². The van der Waals surface area contributed by atoms with Crippen molar-refractivity contribution in [2.24, 2.45) is 0 Å². The molecule has 3 aromatic heterocycles. The number of imidazole rings is 1. The number of hydrogen-bond acceptors (Lipinski definition) is 5. The van der Waals surface area contributed by atoms with Crippen LogP contribution in [0.3, 0.4) is 0 Å². The molecule has 12 heteroatoms. The maximum absolute atomic E-state index is 15.2. The van der Waals surface area contributed by atoms with Gasteiger partial charge in [0.25, 0.3) is 0 Å². The van der Waals surface area contributed by atoms with Crippen molar-refractivity contribution >= 4 is 5.82 Å². The molecule has 0 radical (unpaired) electrons. The first kappa shape index (κ1) is 24.0. The summed E-state index contributed by atoms with van der Waals surface area (Å²) < 4.78 is 66.0. The molecule has 0 spiro atoms. The number of morpholine rings is 1. The number of alkyl halides is 3. The molecule has 0 unspecified atom stereocenters. The number of pyridine rings is 1. The predicted octanol–water partition coefficient (Wildman–Crippen LogP) is 3.30. The number of aryl methyl sites for hydroxylation is 1. The van der Waals surface area contributed by atoms with E-state index in [9.17, 15) is 18.0 Å². The van der Waals surface area contributed by atoms with E-state index in [0.29, 0.717) is 43.7 Å². The second kappa shape index (κ2) is 8.90. The molecule has 0 N–H and O–H groups in total. The Balaban J connectivity index is 1.86. The molecule has 1 fully saturated rings. The fourth-order valence-corrected chi connectivity index (χ4v) is 4.09. The topological polar surface area (TPSA) is 70.1 Å².